The number of carbonyl (C=O) groups is 1. The molecule has 1 rings (SSSR count). The Labute approximate surface area is 124 Å². The molecule has 3 nitrogen and oxygen atoms in total. The predicted octanol–water partition coefficient (Wildman–Crippen LogP) is 2.99. The van der Waals surface area contributed by atoms with E-state index in [4.69, 9.17) is 17.3 Å². The van der Waals surface area contributed by atoms with Crippen LogP contribution in [-0.4, -0.2) is 24.0 Å². The van der Waals surface area contributed by atoms with E-state index >= 15 is 0 Å². The highest BCUT2D eigenvalue weighted by Crippen LogP contribution is 2.19. The van der Waals surface area contributed by atoms with Crippen LogP contribution >= 0.6 is 23.4 Å². The van der Waals surface area contributed by atoms with Gasteiger partial charge in [0.25, 0.3) is 0 Å². The van der Waals surface area contributed by atoms with Gasteiger partial charge in [-0.1, -0.05) is 30.7 Å². The van der Waals surface area contributed by atoms with Crippen molar-refractivity contribution in [3.63, 3.8) is 0 Å². The lowest BCUT2D eigenvalue weighted by molar-refractivity contribution is -0.123. The molecule has 0 spiro atoms. The average molecular weight is 301 g/mol. The van der Waals surface area contributed by atoms with Gasteiger partial charge in [-0.15, -0.1) is 0 Å². The van der Waals surface area contributed by atoms with Crippen molar-refractivity contribution in [2.75, 3.05) is 12.0 Å². The van der Waals surface area contributed by atoms with E-state index in [-0.39, 0.29) is 11.9 Å². The summed E-state index contributed by atoms with van der Waals surface area (Å²) in [7, 11) is 0. The van der Waals surface area contributed by atoms with Gasteiger partial charge in [0, 0.05) is 5.02 Å². The first-order chi connectivity index (χ1) is 9.08. The van der Waals surface area contributed by atoms with Crippen LogP contribution in [0.15, 0.2) is 24.3 Å². The number of carbonyl (C=O) groups excluding carboxylic acids is 1. The molecule has 0 aliphatic heterocycles. The van der Waals surface area contributed by atoms with Crippen molar-refractivity contribution in [1.29, 1.82) is 0 Å². The minimum Gasteiger partial charge on any atom is -0.348 e. The number of nitrogens with two attached hydrogens (primary N) is 1. The van der Waals surface area contributed by atoms with Gasteiger partial charge in [0.1, 0.15) is 0 Å². The second kappa shape index (κ2) is 8.46. The molecule has 0 fully saturated rings. The van der Waals surface area contributed by atoms with E-state index in [0.29, 0.717) is 11.4 Å². The first-order valence-electron chi connectivity index (χ1n) is 6.38. The molecule has 3 N–H and O–H groups in total. The first kappa shape index (κ1) is 16.3. The smallest absolute Gasteiger partial charge is 0.237 e. The van der Waals surface area contributed by atoms with Gasteiger partial charge in [-0.25, -0.2) is 0 Å². The predicted molar refractivity (Wildman–Crippen MR) is 83.6 cm³/mol. The van der Waals surface area contributed by atoms with E-state index in [1.165, 1.54) is 0 Å². The summed E-state index contributed by atoms with van der Waals surface area (Å²) in [5.41, 5.74) is 6.92. The molecule has 0 radical (unpaired) electrons. The van der Waals surface area contributed by atoms with Crippen molar-refractivity contribution >= 4 is 29.3 Å². The minimum atomic E-state index is -0.436. The maximum Gasteiger partial charge on any atom is 0.237 e. The second-order valence-electron chi connectivity index (χ2n) is 4.41. The Morgan fingerprint density at radius 1 is 1.42 bits per heavy atom. The first-order valence-corrected chi connectivity index (χ1v) is 8.16. The van der Waals surface area contributed by atoms with Crippen LogP contribution in [0.3, 0.4) is 0 Å². The lowest BCUT2D eigenvalue weighted by Gasteiger charge is -2.20. The van der Waals surface area contributed by atoms with Gasteiger partial charge in [0.2, 0.25) is 5.91 Å². The minimum absolute atomic E-state index is 0.00917. The maximum absolute atomic E-state index is 12.0. The molecular formula is C14H21ClN2OS. The molecule has 0 aliphatic rings. The molecule has 106 valence electrons. The number of benzene rings is 1. The Kier molecular flexibility index (Phi) is 7.28. The van der Waals surface area contributed by atoms with Crippen LogP contribution < -0.4 is 11.1 Å². The fourth-order valence-corrected chi connectivity index (χ4v) is 2.39. The SMILES string of the molecule is CCC(NC(=O)[C@@H](N)CCSC)c1ccc(Cl)cc1. The van der Waals surface area contributed by atoms with Gasteiger partial charge in [-0.05, 0) is 42.5 Å². The zero-order valence-electron chi connectivity index (χ0n) is 11.4. The van der Waals surface area contributed by atoms with Crippen LogP contribution in [0.1, 0.15) is 31.4 Å². The number of rotatable bonds is 7. The highest BCUT2D eigenvalue weighted by molar-refractivity contribution is 7.98. The Morgan fingerprint density at radius 3 is 2.58 bits per heavy atom. The van der Waals surface area contributed by atoms with E-state index in [9.17, 15) is 4.79 Å². The van der Waals surface area contributed by atoms with Crippen molar-refractivity contribution in [3.05, 3.63) is 34.9 Å². The van der Waals surface area contributed by atoms with Gasteiger partial charge in [-0.3, -0.25) is 4.79 Å². The highest BCUT2D eigenvalue weighted by Gasteiger charge is 2.17. The third kappa shape index (κ3) is 5.43. The Balaban J connectivity index is 2.61. The third-order valence-corrected chi connectivity index (χ3v) is 3.86. The van der Waals surface area contributed by atoms with Crippen molar-refractivity contribution in [2.45, 2.75) is 31.8 Å². The quantitative estimate of drug-likeness (QED) is 0.814. The van der Waals surface area contributed by atoms with Gasteiger partial charge in [0.05, 0.1) is 12.1 Å². The lowest BCUT2D eigenvalue weighted by Crippen LogP contribution is -2.42. The standard InChI is InChI=1S/C14H21ClN2OS/c1-3-13(10-4-6-11(15)7-5-10)17-14(18)12(16)8-9-19-2/h4-7,12-13H,3,8-9,16H2,1-2H3,(H,17,18)/t12-,13?/m0/s1. The van der Waals surface area contributed by atoms with E-state index in [2.05, 4.69) is 5.32 Å². The van der Waals surface area contributed by atoms with Gasteiger partial charge < -0.3 is 11.1 Å². The zero-order valence-corrected chi connectivity index (χ0v) is 12.9. The number of thioether (sulfide) groups is 1. The van der Waals surface area contributed by atoms with Crippen LogP contribution in [0, 0.1) is 0 Å². The molecule has 1 amide bonds. The summed E-state index contributed by atoms with van der Waals surface area (Å²) in [6.07, 6.45) is 3.53. The van der Waals surface area contributed by atoms with E-state index in [1.807, 2.05) is 37.4 Å². The Hall–Kier alpha value is -0.710. The molecule has 0 saturated heterocycles. The summed E-state index contributed by atoms with van der Waals surface area (Å²) in [6.45, 7) is 2.03. The summed E-state index contributed by atoms with van der Waals surface area (Å²) in [5.74, 6) is 0.808. The third-order valence-electron chi connectivity index (χ3n) is 2.97. The van der Waals surface area contributed by atoms with Crippen molar-refractivity contribution in [2.24, 2.45) is 5.73 Å². The van der Waals surface area contributed by atoms with Gasteiger partial charge in [0.15, 0.2) is 0 Å². The Bertz CT molecular complexity index is 397. The topological polar surface area (TPSA) is 55.1 Å². The number of nitrogens with one attached hydrogen (secondary N) is 1. The fourth-order valence-electron chi connectivity index (χ4n) is 1.77. The van der Waals surface area contributed by atoms with E-state index in [1.54, 1.807) is 11.8 Å². The molecule has 5 heteroatoms. The summed E-state index contributed by atoms with van der Waals surface area (Å²) in [4.78, 5) is 12.0. The molecule has 19 heavy (non-hydrogen) atoms. The average Bonchev–Trinajstić information content (AvgIpc) is 2.42. The molecule has 0 heterocycles. The molecule has 1 unspecified atom stereocenters. The number of hydrogen-bond acceptors (Lipinski definition) is 3. The van der Waals surface area contributed by atoms with Crippen LogP contribution in [0.4, 0.5) is 0 Å². The summed E-state index contributed by atoms with van der Waals surface area (Å²) >= 11 is 7.56. The highest BCUT2D eigenvalue weighted by atomic mass is 35.5. The fraction of sp³-hybridized carbons (Fsp3) is 0.500. The van der Waals surface area contributed by atoms with Crippen LogP contribution in [-0.2, 0) is 4.79 Å². The maximum atomic E-state index is 12.0. The van der Waals surface area contributed by atoms with Crippen molar-refractivity contribution in [1.82, 2.24) is 5.32 Å². The lowest BCUT2D eigenvalue weighted by atomic mass is 10.0. The van der Waals surface area contributed by atoms with Crippen LogP contribution in [0.5, 0.6) is 0 Å². The molecule has 2 atom stereocenters. The molecular weight excluding hydrogens is 280 g/mol. The molecule has 0 aromatic heterocycles. The number of amides is 1. The van der Waals surface area contributed by atoms with Crippen LogP contribution in [0.2, 0.25) is 5.02 Å². The Morgan fingerprint density at radius 2 is 2.05 bits per heavy atom. The molecule has 1 aromatic carbocycles. The van der Waals surface area contributed by atoms with E-state index in [0.717, 1.165) is 17.7 Å². The van der Waals surface area contributed by atoms with Crippen molar-refractivity contribution < 1.29 is 4.79 Å². The number of hydrogen-bond donors (Lipinski definition) is 2. The summed E-state index contributed by atoms with van der Waals surface area (Å²) in [5, 5.41) is 3.69. The molecule has 0 bridgehead atoms. The second-order valence-corrected chi connectivity index (χ2v) is 5.83. The number of halogens is 1. The molecule has 0 aliphatic carbocycles. The monoisotopic (exact) mass is 300 g/mol. The molecule has 0 saturated carbocycles. The largest absolute Gasteiger partial charge is 0.348 e. The zero-order chi connectivity index (χ0) is 14.3. The van der Waals surface area contributed by atoms with E-state index < -0.39 is 6.04 Å². The normalized spacial score (nSPS) is 13.9. The van der Waals surface area contributed by atoms with Crippen LogP contribution in [0.25, 0.3) is 0 Å². The van der Waals surface area contributed by atoms with Gasteiger partial charge in [-0.2, -0.15) is 11.8 Å². The van der Waals surface area contributed by atoms with Crippen molar-refractivity contribution in [3.8, 4) is 0 Å². The molecule has 1 aromatic rings. The summed E-state index contributed by atoms with van der Waals surface area (Å²) < 4.78 is 0. The van der Waals surface area contributed by atoms with Gasteiger partial charge >= 0.3 is 0 Å². The summed E-state index contributed by atoms with van der Waals surface area (Å²) in [6, 6.07) is 7.09.